The molecule has 0 spiro atoms. The van der Waals surface area contributed by atoms with Crippen LogP contribution in [0.5, 0.6) is 0 Å². The van der Waals surface area contributed by atoms with E-state index in [0.29, 0.717) is 30.1 Å². The van der Waals surface area contributed by atoms with Gasteiger partial charge < -0.3 is 20.4 Å². The average molecular weight is 474 g/mol. The Bertz CT molecular complexity index is 1350. The first-order chi connectivity index (χ1) is 15.7. The Hall–Kier alpha value is -3.24. The van der Waals surface area contributed by atoms with Gasteiger partial charge in [-0.1, -0.05) is 11.6 Å². The summed E-state index contributed by atoms with van der Waals surface area (Å²) in [5, 5.41) is 22.5. The number of carboxylic acids is 1. The molecule has 0 radical (unpaired) electrons. The van der Waals surface area contributed by atoms with Crippen molar-refractivity contribution in [3.05, 3.63) is 56.8 Å². The molecule has 1 aromatic carbocycles. The van der Waals surface area contributed by atoms with Crippen molar-refractivity contribution in [3.8, 4) is 0 Å². The van der Waals surface area contributed by atoms with Gasteiger partial charge in [0.2, 0.25) is 5.95 Å². The van der Waals surface area contributed by atoms with Crippen LogP contribution in [-0.2, 0) is 7.05 Å². The van der Waals surface area contributed by atoms with Gasteiger partial charge >= 0.3 is 5.97 Å². The van der Waals surface area contributed by atoms with E-state index >= 15 is 0 Å². The van der Waals surface area contributed by atoms with Crippen LogP contribution < -0.4 is 15.8 Å². The van der Waals surface area contributed by atoms with Crippen LogP contribution in [0.1, 0.15) is 29.0 Å². The number of rotatable bonds is 5. The molecule has 9 nitrogen and oxygen atoms in total. The lowest BCUT2D eigenvalue weighted by Gasteiger charge is -2.24. The number of aliphatic hydroxyl groups excluding tert-OH is 1. The summed E-state index contributed by atoms with van der Waals surface area (Å²) in [4.78, 5) is 35.2. The predicted octanol–water partition coefficient (Wildman–Crippen LogP) is 2.42. The highest BCUT2D eigenvalue weighted by Gasteiger charge is 2.55. The maximum absolute atomic E-state index is 14.5. The maximum Gasteiger partial charge on any atom is 0.356 e. The number of nitrogens with zero attached hydrogens (tertiary/aromatic N) is 4. The molecular weight excluding hydrogens is 453 g/mol. The van der Waals surface area contributed by atoms with Crippen LogP contribution in [-0.4, -0.2) is 49.9 Å². The number of piperidine rings is 1. The molecule has 1 saturated heterocycles. The number of pyridine rings is 1. The fraction of sp³-hybridized carbons (Fsp3) is 0.364. The van der Waals surface area contributed by atoms with Crippen molar-refractivity contribution in [2.45, 2.75) is 19.1 Å². The molecule has 0 bridgehead atoms. The third-order valence-corrected chi connectivity index (χ3v) is 6.70. The summed E-state index contributed by atoms with van der Waals surface area (Å²) in [6.45, 7) is 2.91. The molecule has 2 aromatic heterocycles. The van der Waals surface area contributed by atoms with Gasteiger partial charge in [0.15, 0.2) is 5.69 Å². The quantitative estimate of drug-likeness (QED) is 0.483. The molecule has 33 heavy (non-hydrogen) atoms. The number of benzene rings is 1. The van der Waals surface area contributed by atoms with E-state index in [4.69, 9.17) is 16.6 Å². The summed E-state index contributed by atoms with van der Waals surface area (Å²) in [5.41, 5.74) is 0.279. The third kappa shape index (κ3) is 3.59. The van der Waals surface area contributed by atoms with Crippen molar-refractivity contribution in [1.29, 1.82) is 0 Å². The Morgan fingerprint density at radius 3 is 2.64 bits per heavy atom. The number of aromatic carboxylic acids is 1. The van der Waals surface area contributed by atoms with Crippen molar-refractivity contribution in [3.63, 3.8) is 0 Å². The Morgan fingerprint density at radius 1 is 1.27 bits per heavy atom. The Labute approximate surface area is 192 Å². The SMILES string of the molecule is CC(Nc1ccc(Cl)nc1C(=O)O)c1cc(F)cc2c(=O)n(C)c(N3C[C@@H]4C(O)[C@@H]4C3)nc12. The highest BCUT2D eigenvalue weighted by molar-refractivity contribution is 6.29. The lowest BCUT2D eigenvalue weighted by Crippen LogP contribution is -2.33. The normalized spacial score (nSPS) is 22.3. The molecule has 2 fully saturated rings. The zero-order chi connectivity index (χ0) is 23.6. The maximum atomic E-state index is 14.5. The summed E-state index contributed by atoms with van der Waals surface area (Å²) in [7, 11) is 1.59. The zero-order valence-corrected chi connectivity index (χ0v) is 18.5. The Kier molecular flexibility index (Phi) is 5.02. The number of carboxylic acid groups (broad SMARTS) is 1. The lowest BCUT2D eigenvalue weighted by atomic mass is 10.0. The third-order valence-electron chi connectivity index (χ3n) is 6.49. The van der Waals surface area contributed by atoms with Crippen molar-refractivity contribution >= 4 is 40.1 Å². The van der Waals surface area contributed by atoms with Gasteiger partial charge in [0.25, 0.3) is 5.56 Å². The molecule has 1 saturated carbocycles. The van der Waals surface area contributed by atoms with E-state index in [2.05, 4.69) is 10.3 Å². The molecule has 4 atom stereocenters. The fourth-order valence-electron chi connectivity index (χ4n) is 4.65. The summed E-state index contributed by atoms with van der Waals surface area (Å²) >= 11 is 5.83. The second kappa shape index (κ2) is 7.67. The standard InChI is InChI=1S/C22H21ClFN5O4/c1-9(25-15-3-4-16(23)26-18(15)21(32)33)11-5-10(24)6-12-17(11)27-22(28(2)20(12)31)29-7-13-14(8-29)19(13)30/h3-6,9,13-14,19,25,30H,7-8H2,1-2H3,(H,32,33)/t9?,13-,14+,19?. The number of hydrogen-bond donors (Lipinski definition) is 3. The molecule has 1 aliphatic heterocycles. The molecule has 1 aliphatic carbocycles. The molecule has 5 rings (SSSR count). The summed E-state index contributed by atoms with van der Waals surface area (Å²) in [6, 6.07) is 4.77. The summed E-state index contributed by atoms with van der Waals surface area (Å²) in [6.07, 6.45) is -0.302. The number of aromatic nitrogens is 3. The van der Waals surface area contributed by atoms with E-state index < -0.39 is 17.8 Å². The second-order valence-corrected chi connectivity index (χ2v) is 8.98. The first kappa shape index (κ1) is 21.6. The molecular formula is C22H21ClFN5O4. The molecule has 3 N–H and O–H groups in total. The van der Waals surface area contributed by atoms with Crippen LogP contribution in [0.25, 0.3) is 10.9 Å². The number of aliphatic hydroxyl groups is 1. The van der Waals surface area contributed by atoms with Crippen molar-refractivity contribution in [1.82, 2.24) is 14.5 Å². The molecule has 2 unspecified atom stereocenters. The topological polar surface area (TPSA) is 121 Å². The summed E-state index contributed by atoms with van der Waals surface area (Å²) in [5.74, 6) is -1.06. The van der Waals surface area contributed by atoms with Crippen molar-refractivity contribution in [2.24, 2.45) is 18.9 Å². The highest BCUT2D eigenvalue weighted by atomic mass is 35.5. The van der Waals surface area contributed by atoms with E-state index in [-0.39, 0.29) is 45.4 Å². The molecule has 3 heterocycles. The van der Waals surface area contributed by atoms with Crippen LogP contribution >= 0.6 is 11.6 Å². The van der Waals surface area contributed by atoms with Crippen molar-refractivity contribution in [2.75, 3.05) is 23.3 Å². The molecule has 2 aliphatic rings. The van der Waals surface area contributed by atoms with Gasteiger partial charge in [-0.25, -0.2) is 19.2 Å². The minimum Gasteiger partial charge on any atom is -0.476 e. The van der Waals surface area contributed by atoms with Crippen LogP contribution in [0.3, 0.4) is 0 Å². The minimum absolute atomic E-state index is 0.0328. The molecule has 3 aromatic rings. The number of anilines is 2. The number of fused-ring (bicyclic) bond motifs is 2. The van der Waals surface area contributed by atoms with E-state index in [1.54, 1.807) is 14.0 Å². The first-order valence-corrected chi connectivity index (χ1v) is 10.8. The molecule has 11 heteroatoms. The Balaban J connectivity index is 1.58. The Morgan fingerprint density at radius 2 is 1.97 bits per heavy atom. The highest BCUT2D eigenvalue weighted by Crippen LogP contribution is 2.46. The van der Waals surface area contributed by atoms with E-state index in [9.17, 15) is 24.2 Å². The molecule has 172 valence electrons. The molecule has 0 amide bonds. The van der Waals surface area contributed by atoms with Crippen LogP contribution in [0.2, 0.25) is 5.15 Å². The van der Waals surface area contributed by atoms with Gasteiger partial charge in [0.1, 0.15) is 11.0 Å². The van der Waals surface area contributed by atoms with Gasteiger partial charge in [-0.15, -0.1) is 0 Å². The van der Waals surface area contributed by atoms with E-state index in [0.717, 1.165) is 6.07 Å². The summed E-state index contributed by atoms with van der Waals surface area (Å²) < 4.78 is 15.9. The average Bonchev–Trinajstić information content (AvgIpc) is 3.17. The fourth-order valence-corrected chi connectivity index (χ4v) is 4.80. The van der Waals surface area contributed by atoms with E-state index in [1.807, 2.05) is 4.90 Å². The number of carbonyl (C=O) groups is 1. The van der Waals surface area contributed by atoms with Gasteiger partial charge in [0.05, 0.1) is 28.7 Å². The van der Waals surface area contributed by atoms with Crippen LogP contribution in [0, 0.1) is 17.7 Å². The van der Waals surface area contributed by atoms with Crippen molar-refractivity contribution < 1.29 is 19.4 Å². The largest absolute Gasteiger partial charge is 0.476 e. The van der Waals surface area contributed by atoms with E-state index in [1.165, 1.54) is 22.8 Å². The van der Waals surface area contributed by atoms with Crippen LogP contribution in [0.4, 0.5) is 16.0 Å². The smallest absolute Gasteiger partial charge is 0.356 e. The number of hydrogen-bond acceptors (Lipinski definition) is 7. The van der Waals surface area contributed by atoms with Gasteiger partial charge in [-0.05, 0) is 31.2 Å². The van der Waals surface area contributed by atoms with Gasteiger partial charge in [-0.3, -0.25) is 9.36 Å². The lowest BCUT2D eigenvalue weighted by molar-refractivity contribution is 0.0691. The number of halogens is 2. The van der Waals surface area contributed by atoms with Gasteiger partial charge in [-0.2, -0.15) is 0 Å². The monoisotopic (exact) mass is 473 g/mol. The predicted molar refractivity (Wildman–Crippen MR) is 120 cm³/mol. The van der Waals surface area contributed by atoms with Gasteiger partial charge in [0, 0.05) is 37.5 Å². The second-order valence-electron chi connectivity index (χ2n) is 8.59. The first-order valence-electron chi connectivity index (χ1n) is 10.4. The van der Waals surface area contributed by atoms with Crippen LogP contribution in [0.15, 0.2) is 29.1 Å². The zero-order valence-electron chi connectivity index (χ0n) is 17.8. The number of nitrogens with one attached hydrogen (secondary N) is 1. The minimum atomic E-state index is -1.26.